The Kier molecular flexibility index (Phi) is 3.86. The van der Waals surface area contributed by atoms with Crippen LogP contribution in [0, 0.1) is 5.82 Å². The van der Waals surface area contributed by atoms with Crippen molar-refractivity contribution in [1.82, 2.24) is 15.4 Å². The first-order valence-corrected chi connectivity index (χ1v) is 6.67. The number of hydroxylamine groups is 1. The zero-order valence-corrected chi connectivity index (χ0v) is 12.1. The first-order chi connectivity index (χ1) is 11.1. The van der Waals surface area contributed by atoms with Crippen molar-refractivity contribution in [3.05, 3.63) is 54.0 Å². The number of hydrogen-bond donors (Lipinski definition) is 2. The van der Waals surface area contributed by atoms with E-state index in [4.69, 9.17) is 9.94 Å². The van der Waals surface area contributed by atoms with E-state index in [2.05, 4.69) is 9.97 Å². The summed E-state index contributed by atoms with van der Waals surface area (Å²) in [4.78, 5) is 20.1. The van der Waals surface area contributed by atoms with Crippen LogP contribution in [0.5, 0.6) is 5.75 Å². The van der Waals surface area contributed by atoms with Crippen LogP contribution in [-0.2, 0) is 0 Å². The lowest BCUT2D eigenvalue weighted by Crippen LogP contribution is -2.18. The molecular weight excluding hydrogens is 301 g/mol. The van der Waals surface area contributed by atoms with E-state index in [0.717, 1.165) is 0 Å². The van der Waals surface area contributed by atoms with Crippen LogP contribution in [0.3, 0.4) is 0 Å². The molecule has 0 bridgehead atoms. The van der Waals surface area contributed by atoms with E-state index >= 15 is 0 Å². The topological polar surface area (TPSA) is 84.3 Å². The van der Waals surface area contributed by atoms with Crippen LogP contribution in [0.1, 0.15) is 10.4 Å². The number of carbonyl (C=O) groups excluding carboxylic acids is 1. The zero-order chi connectivity index (χ0) is 16.4. The van der Waals surface area contributed by atoms with Crippen molar-refractivity contribution in [2.24, 2.45) is 0 Å². The molecule has 3 aromatic rings. The number of amides is 1. The Morgan fingerprint density at radius 3 is 2.74 bits per heavy atom. The Labute approximate surface area is 130 Å². The van der Waals surface area contributed by atoms with Gasteiger partial charge in [-0.1, -0.05) is 0 Å². The quantitative estimate of drug-likeness (QED) is 0.573. The van der Waals surface area contributed by atoms with Gasteiger partial charge in [0.2, 0.25) is 0 Å². The van der Waals surface area contributed by atoms with E-state index < -0.39 is 11.7 Å². The van der Waals surface area contributed by atoms with Gasteiger partial charge in [0.15, 0.2) is 11.6 Å². The number of hydrogen-bond acceptors (Lipinski definition) is 5. The normalized spacial score (nSPS) is 10.6. The highest BCUT2D eigenvalue weighted by molar-refractivity contribution is 5.96. The summed E-state index contributed by atoms with van der Waals surface area (Å²) in [5, 5.41) is 8.68. The summed E-state index contributed by atoms with van der Waals surface area (Å²) < 4.78 is 18.7. The number of carbonyl (C=O) groups is 1. The number of ether oxygens (including phenoxy) is 1. The molecule has 1 amide bonds. The third-order valence-electron chi connectivity index (χ3n) is 3.35. The van der Waals surface area contributed by atoms with Gasteiger partial charge in [0.1, 0.15) is 0 Å². The highest BCUT2D eigenvalue weighted by atomic mass is 19.1. The Morgan fingerprint density at radius 1 is 1.22 bits per heavy atom. The Balaban J connectivity index is 2.08. The lowest BCUT2D eigenvalue weighted by Gasteiger charge is -2.06. The van der Waals surface area contributed by atoms with E-state index in [1.54, 1.807) is 17.6 Å². The summed E-state index contributed by atoms with van der Waals surface area (Å²) >= 11 is 0. The van der Waals surface area contributed by atoms with Gasteiger partial charge in [-0.05, 0) is 36.4 Å². The van der Waals surface area contributed by atoms with E-state index in [9.17, 15) is 9.18 Å². The van der Waals surface area contributed by atoms with Crippen molar-refractivity contribution in [3.8, 4) is 17.0 Å². The maximum atomic E-state index is 13.8. The third kappa shape index (κ3) is 2.82. The molecular formula is C16H12FN3O3. The van der Waals surface area contributed by atoms with Crippen molar-refractivity contribution in [2.45, 2.75) is 0 Å². The standard InChI is InChI=1S/C16H12FN3O3/c1-23-15-5-3-9(6-11(15)17)14-8-18-12-4-2-10(16(21)20-22)7-13(12)19-14/h2-8,22H,1H3,(H,20,21). The van der Waals surface area contributed by atoms with Crippen molar-refractivity contribution in [2.75, 3.05) is 7.11 Å². The maximum Gasteiger partial charge on any atom is 0.274 e. The molecule has 6 nitrogen and oxygen atoms in total. The van der Waals surface area contributed by atoms with E-state index in [0.29, 0.717) is 22.3 Å². The van der Waals surface area contributed by atoms with Gasteiger partial charge in [-0.15, -0.1) is 0 Å². The molecule has 0 spiro atoms. The highest BCUT2D eigenvalue weighted by Crippen LogP contribution is 2.25. The molecule has 2 aromatic carbocycles. The predicted molar refractivity (Wildman–Crippen MR) is 80.7 cm³/mol. The second-order valence-electron chi connectivity index (χ2n) is 4.75. The number of benzene rings is 2. The second kappa shape index (κ2) is 5.98. The fourth-order valence-electron chi connectivity index (χ4n) is 2.18. The minimum atomic E-state index is -0.644. The molecule has 3 rings (SSSR count). The summed E-state index contributed by atoms with van der Waals surface area (Å²) in [6.07, 6.45) is 1.52. The molecule has 0 atom stereocenters. The van der Waals surface area contributed by atoms with Gasteiger partial charge in [-0.2, -0.15) is 0 Å². The molecule has 7 heteroatoms. The molecule has 0 saturated carbocycles. The molecule has 0 aliphatic heterocycles. The molecule has 1 heterocycles. The minimum Gasteiger partial charge on any atom is -0.494 e. The lowest BCUT2D eigenvalue weighted by molar-refractivity contribution is 0.0706. The Morgan fingerprint density at radius 2 is 2.04 bits per heavy atom. The summed E-state index contributed by atoms with van der Waals surface area (Å²) in [5.74, 6) is -1.00. The van der Waals surface area contributed by atoms with Crippen LogP contribution in [-0.4, -0.2) is 28.2 Å². The minimum absolute atomic E-state index is 0.143. The van der Waals surface area contributed by atoms with Crippen LogP contribution in [0.2, 0.25) is 0 Å². The van der Waals surface area contributed by atoms with E-state index in [1.165, 1.54) is 37.6 Å². The number of fused-ring (bicyclic) bond motifs is 1. The number of methoxy groups -OCH3 is 1. The molecule has 1 aromatic heterocycles. The van der Waals surface area contributed by atoms with E-state index in [1.807, 2.05) is 0 Å². The van der Waals surface area contributed by atoms with Crippen LogP contribution < -0.4 is 10.2 Å². The summed E-state index contributed by atoms with van der Waals surface area (Å²) in [6.45, 7) is 0. The molecule has 0 unspecified atom stereocenters. The average Bonchev–Trinajstić information content (AvgIpc) is 2.60. The van der Waals surface area contributed by atoms with Crippen molar-refractivity contribution in [1.29, 1.82) is 0 Å². The van der Waals surface area contributed by atoms with Gasteiger partial charge in [0.25, 0.3) is 5.91 Å². The SMILES string of the molecule is COc1ccc(-c2cnc3ccc(C(=O)NO)cc3n2)cc1F. The summed E-state index contributed by atoms with van der Waals surface area (Å²) in [7, 11) is 1.39. The number of aromatic nitrogens is 2. The largest absolute Gasteiger partial charge is 0.494 e. The number of rotatable bonds is 3. The van der Waals surface area contributed by atoms with Gasteiger partial charge in [-0.3, -0.25) is 15.0 Å². The third-order valence-corrected chi connectivity index (χ3v) is 3.35. The van der Waals surface area contributed by atoms with E-state index in [-0.39, 0.29) is 11.3 Å². The van der Waals surface area contributed by atoms with Gasteiger partial charge < -0.3 is 4.74 Å². The highest BCUT2D eigenvalue weighted by Gasteiger charge is 2.10. The molecule has 0 fully saturated rings. The van der Waals surface area contributed by atoms with Gasteiger partial charge in [0.05, 0.1) is 30.0 Å². The van der Waals surface area contributed by atoms with Gasteiger partial charge >= 0.3 is 0 Å². The maximum absolute atomic E-state index is 13.8. The fraction of sp³-hybridized carbons (Fsp3) is 0.0625. The summed E-state index contributed by atoms with van der Waals surface area (Å²) in [5.41, 5.74) is 3.84. The monoisotopic (exact) mass is 313 g/mol. The summed E-state index contributed by atoms with van der Waals surface area (Å²) in [6, 6.07) is 9.12. The molecule has 0 saturated heterocycles. The Bertz CT molecular complexity index is 899. The number of nitrogens with one attached hydrogen (secondary N) is 1. The molecule has 0 aliphatic carbocycles. The average molecular weight is 313 g/mol. The van der Waals surface area contributed by atoms with Crippen molar-refractivity contribution < 1.29 is 19.1 Å². The van der Waals surface area contributed by atoms with Crippen LogP contribution in [0.25, 0.3) is 22.3 Å². The molecule has 2 N–H and O–H groups in total. The smallest absolute Gasteiger partial charge is 0.274 e. The molecule has 0 aliphatic rings. The van der Waals surface area contributed by atoms with Crippen molar-refractivity contribution in [3.63, 3.8) is 0 Å². The molecule has 0 radical (unpaired) electrons. The predicted octanol–water partition coefficient (Wildman–Crippen LogP) is 2.56. The first kappa shape index (κ1) is 14.9. The van der Waals surface area contributed by atoms with Crippen LogP contribution >= 0.6 is 0 Å². The first-order valence-electron chi connectivity index (χ1n) is 6.67. The zero-order valence-electron chi connectivity index (χ0n) is 12.1. The fourth-order valence-corrected chi connectivity index (χ4v) is 2.18. The van der Waals surface area contributed by atoms with Crippen LogP contribution in [0.4, 0.5) is 4.39 Å². The van der Waals surface area contributed by atoms with Crippen LogP contribution in [0.15, 0.2) is 42.6 Å². The number of nitrogens with zero attached hydrogens (tertiary/aromatic N) is 2. The number of halogens is 1. The van der Waals surface area contributed by atoms with Crippen molar-refractivity contribution >= 4 is 16.9 Å². The molecule has 23 heavy (non-hydrogen) atoms. The lowest BCUT2D eigenvalue weighted by atomic mass is 10.1. The Hall–Kier alpha value is -3.06. The van der Waals surface area contributed by atoms with Gasteiger partial charge in [0, 0.05) is 11.1 Å². The van der Waals surface area contributed by atoms with Gasteiger partial charge in [-0.25, -0.2) is 14.9 Å². The second-order valence-corrected chi connectivity index (χ2v) is 4.75. The molecule has 116 valence electrons.